The molecule has 142 valence electrons. The van der Waals surface area contributed by atoms with Crippen LogP contribution in [0.4, 0.5) is 24.7 Å². The van der Waals surface area contributed by atoms with E-state index >= 15 is 0 Å². The summed E-state index contributed by atoms with van der Waals surface area (Å²) in [5, 5.41) is 7.92. The first-order valence-corrected chi connectivity index (χ1v) is 8.48. The van der Waals surface area contributed by atoms with E-state index in [4.69, 9.17) is 11.6 Å². The Bertz CT molecular complexity index is 1140. The molecule has 0 saturated carbocycles. The lowest BCUT2D eigenvalue weighted by Gasteiger charge is -2.10. The van der Waals surface area contributed by atoms with Gasteiger partial charge in [0.15, 0.2) is 5.65 Å². The van der Waals surface area contributed by atoms with Crippen molar-refractivity contribution >= 4 is 28.8 Å². The Morgan fingerprint density at radius 3 is 2.64 bits per heavy atom. The monoisotopic (exact) mass is 404 g/mol. The van der Waals surface area contributed by atoms with Crippen molar-refractivity contribution in [3.8, 4) is 16.9 Å². The zero-order chi connectivity index (χ0) is 19.7. The number of halogens is 4. The minimum atomic E-state index is -4.76. The van der Waals surface area contributed by atoms with Crippen molar-refractivity contribution in [2.24, 2.45) is 0 Å². The average Bonchev–Trinajstić information content (AvgIpc) is 3.04. The molecule has 0 amide bonds. The zero-order valence-corrected chi connectivity index (χ0v) is 14.9. The van der Waals surface area contributed by atoms with Crippen LogP contribution in [0.3, 0.4) is 0 Å². The van der Waals surface area contributed by atoms with E-state index in [1.807, 2.05) is 6.07 Å². The number of ether oxygens (including phenoxy) is 1. The lowest BCUT2D eigenvalue weighted by molar-refractivity contribution is -0.274. The summed E-state index contributed by atoms with van der Waals surface area (Å²) in [6.45, 7) is 0. The molecule has 0 aliphatic carbocycles. The Kier molecular flexibility index (Phi) is 4.56. The SMILES string of the molecule is FC(F)(F)Oc1cccc(-c2cnn3ccc(Nc4cccc(Cl)c4)nc23)c1. The topological polar surface area (TPSA) is 51.5 Å². The summed E-state index contributed by atoms with van der Waals surface area (Å²) in [6, 6.07) is 14.6. The normalized spacial score (nSPS) is 11.6. The van der Waals surface area contributed by atoms with Crippen LogP contribution in [0.15, 0.2) is 67.0 Å². The molecule has 0 bridgehead atoms. The minimum absolute atomic E-state index is 0.308. The molecule has 0 unspecified atom stereocenters. The molecule has 28 heavy (non-hydrogen) atoms. The van der Waals surface area contributed by atoms with Gasteiger partial charge in [-0.25, -0.2) is 9.50 Å². The maximum atomic E-state index is 12.5. The van der Waals surface area contributed by atoms with Gasteiger partial charge in [-0.1, -0.05) is 29.8 Å². The first-order valence-electron chi connectivity index (χ1n) is 8.10. The van der Waals surface area contributed by atoms with E-state index in [-0.39, 0.29) is 5.75 Å². The van der Waals surface area contributed by atoms with Crippen LogP contribution < -0.4 is 10.1 Å². The van der Waals surface area contributed by atoms with Gasteiger partial charge in [-0.3, -0.25) is 0 Å². The highest BCUT2D eigenvalue weighted by Crippen LogP contribution is 2.30. The van der Waals surface area contributed by atoms with Crippen molar-refractivity contribution in [3.05, 3.63) is 72.0 Å². The lowest BCUT2D eigenvalue weighted by atomic mass is 10.1. The fraction of sp³-hybridized carbons (Fsp3) is 0.0526. The Morgan fingerprint density at radius 1 is 1.04 bits per heavy atom. The zero-order valence-electron chi connectivity index (χ0n) is 14.1. The van der Waals surface area contributed by atoms with Gasteiger partial charge in [0.1, 0.15) is 11.6 Å². The van der Waals surface area contributed by atoms with E-state index in [2.05, 4.69) is 20.1 Å². The Hall–Kier alpha value is -3.26. The molecule has 0 atom stereocenters. The van der Waals surface area contributed by atoms with Crippen molar-refractivity contribution in [1.29, 1.82) is 0 Å². The van der Waals surface area contributed by atoms with Crippen LogP contribution in [0.2, 0.25) is 5.02 Å². The molecule has 0 aliphatic heterocycles. The summed E-state index contributed by atoms with van der Waals surface area (Å²) in [5.41, 5.74) is 2.31. The lowest BCUT2D eigenvalue weighted by Crippen LogP contribution is -2.17. The van der Waals surface area contributed by atoms with Gasteiger partial charge in [-0.2, -0.15) is 5.10 Å². The number of nitrogens with zero attached hydrogens (tertiary/aromatic N) is 3. The van der Waals surface area contributed by atoms with E-state index in [1.165, 1.54) is 28.9 Å². The number of nitrogens with one attached hydrogen (secondary N) is 1. The van der Waals surface area contributed by atoms with Gasteiger partial charge in [0, 0.05) is 22.5 Å². The summed E-state index contributed by atoms with van der Waals surface area (Å²) < 4.78 is 43.0. The van der Waals surface area contributed by atoms with Gasteiger partial charge >= 0.3 is 6.36 Å². The molecule has 0 radical (unpaired) electrons. The average molecular weight is 405 g/mol. The highest BCUT2D eigenvalue weighted by atomic mass is 35.5. The maximum absolute atomic E-state index is 12.5. The molecule has 2 aromatic carbocycles. The van der Waals surface area contributed by atoms with E-state index in [1.54, 1.807) is 36.5 Å². The third-order valence-electron chi connectivity index (χ3n) is 3.84. The van der Waals surface area contributed by atoms with Gasteiger partial charge in [-0.05, 0) is 42.0 Å². The van der Waals surface area contributed by atoms with Crippen molar-refractivity contribution in [1.82, 2.24) is 14.6 Å². The standard InChI is InChI=1S/C19H12ClF3N4O/c20-13-4-2-5-14(10-13)25-17-7-8-27-18(26-17)16(11-24-27)12-3-1-6-15(9-12)28-19(21,22)23/h1-11H,(H,25,26). The van der Waals surface area contributed by atoms with E-state index < -0.39 is 6.36 Å². The minimum Gasteiger partial charge on any atom is -0.406 e. The van der Waals surface area contributed by atoms with Crippen LogP contribution in [0.25, 0.3) is 16.8 Å². The van der Waals surface area contributed by atoms with Crippen LogP contribution in [0.5, 0.6) is 5.75 Å². The molecule has 5 nitrogen and oxygen atoms in total. The van der Waals surface area contributed by atoms with Gasteiger partial charge in [0.05, 0.1) is 6.20 Å². The van der Waals surface area contributed by atoms with E-state index in [0.29, 0.717) is 27.6 Å². The second-order valence-corrected chi connectivity index (χ2v) is 6.29. The molecule has 0 spiro atoms. The third-order valence-corrected chi connectivity index (χ3v) is 4.08. The van der Waals surface area contributed by atoms with Crippen molar-refractivity contribution in [3.63, 3.8) is 0 Å². The summed E-state index contributed by atoms with van der Waals surface area (Å²) >= 11 is 5.99. The highest BCUT2D eigenvalue weighted by Gasteiger charge is 2.31. The molecule has 9 heteroatoms. The quantitative estimate of drug-likeness (QED) is 0.474. The number of benzene rings is 2. The molecule has 0 saturated heterocycles. The molecular formula is C19H12ClF3N4O. The number of rotatable bonds is 4. The Labute approximate surface area is 162 Å². The number of alkyl halides is 3. The van der Waals surface area contributed by atoms with Crippen LogP contribution in [0, 0.1) is 0 Å². The summed E-state index contributed by atoms with van der Waals surface area (Å²) in [6.07, 6.45) is -1.51. The van der Waals surface area contributed by atoms with E-state index in [9.17, 15) is 13.2 Å². The smallest absolute Gasteiger partial charge is 0.406 e. The number of aromatic nitrogens is 3. The van der Waals surface area contributed by atoms with Crippen LogP contribution in [0.1, 0.15) is 0 Å². The molecule has 0 aliphatic rings. The van der Waals surface area contributed by atoms with E-state index in [0.717, 1.165) is 5.69 Å². The second-order valence-electron chi connectivity index (χ2n) is 5.85. The van der Waals surface area contributed by atoms with Crippen molar-refractivity contribution < 1.29 is 17.9 Å². The first-order chi connectivity index (χ1) is 13.4. The van der Waals surface area contributed by atoms with Gasteiger partial charge in [0.2, 0.25) is 0 Å². The predicted molar refractivity (Wildman–Crippen MR) is 99.8 cm³/mol. The second kappa shape index (κ2) is 7.05. The van der Waals surface area contributed by atoms with Crippen LogP contribution >= 0.6 is 11.6 Å². The summed E-state index contributed by atoms with van der Waals surface area (Å²) in [5.74, 6) is 0.233. The fourth-order valence-corrected chi connectivity index (χ4v) is 2.91. The summed E-state index contributed by atoms with van der Waals surface area (Å²) in [4.78, 5) is 4.52. The first kappa shape index (κ1) is 18.1. The largest absolute Gasteiger partial charge is 0.573 e. The molecular weight excluding hydrogens is 393 g/mol. The number of anilines is 2. The molecule has 0 fully saturated rings. The Balaban J connectivity index is 1.70. The van der Waals surface area contributed by atoms with Crippen LogP contribution in [-0.4, -0.2) is 21.0 Å². The molecule has 4 aromatic rings. The molecule has 2 aromatic heterocycles. The van der Waals surface area contributed by atoms with Gasteiger partial charge < -0.3 is 10.1 Å². The third kappa shape index (κ3) is 4.01. The molecule has 1 N–H and O–H groups in total. The summed E-state index contributed by atoms with van der Waals surface area (Å²) in [7, 11) is 0. The maximum Gasteiger partial charge on any atom is 0.573 e. The molecule has 2 heterocycles. The predicted octanol–water partition coefficient (Wildman–Crippen LogP) is 5.69. The number of hydrogen-bond acceptors (Lipinski definition) is 4. The van der Waals surface area contributed by atoms with Crippen molar-refractivity contribution in [2.45, 2.75) is 6.36 Å². The van der Waals surface area contributed by atoms with Gasteiger partial charge in [0.25, 0.3) is 0 Å². The highest BCUT2D eigenvalue weighted by molar-refractivity contribution is 6.30. The van der Waals surface area contributed by atoms with Crippen LogP contribution in [-0.2, 0) is 0 Å². The fourth-order valence-electron chi connectivity index (χ4n) is 2.72. The Morgan fingerprint density at radius 2 is 1.86 bits per heavy atom. The molecule has 4 rings (SSSR count). The van der Waals surface area contributed by atoms with Crippen molar-refractivity contribution in [2.75, 3.05) is 5.32 Å². The number of hydrogen-bond donors (Lipinski definition) is 1. The number of fused-ring (bicyclic) bond motifs is 1. The van der Waals surface area contributed by atoms with Gasteiger partial charge in [-0.15, -0.1) is 13.2 Å².